The van der Waals surface area contributed by atoms with Gasteiger partial charge in [-0.25, -0.2) is 0 Å². The van der Waals surface area contributed by atoms with Gasteiger partial charge in [-0.05, 0) is 67.8 Å². The van der Waals surface area contributed by atoms with Crippen LogP contribution in [-0.4, -0.2) is 9.13 Å². The lowest BCUT2D eigenvalue weighted by Crippen LogP contribution is -2.03. The van der Waals surface area contributed by atoms with Crippen LogP contribution in [0.1, 0.15) is 56.3 Å². The van der Waals surface area contributed by atoms with E-state index in [0.29, 0.717) is 12.0 Å². The molecule has 8 aromatic rings. The molecule has 0 amide bonds. The number of rotatable bonds is 4. The molecular formula is C42H38N2. The molecule has 44 heavy (non-hydrogen) atoms. The van der Waals surface area contributed by atoms with Gasteiger partial charge < -0.3 is 9.13 Å². The van der Waals surface area contributed by atoms with Crippen LogP contribution in [0.4, 0.5) is 0 Å². The van der Waals surface area contributed by atoms with Crippen molar-refractivity contribution in [3.8, 4) is 16.8 Å². The summed E-state index contributed by atoms with van der Waals surface area (Å²) in [7, 11) is 0. The minimum Gasteiger partial charge on any atom is -0.337 e. The second-order valence-electron chi connectivity index (χ2n) is 13.1. The Morgan fingerprint density at radius 1 is 0.500 bits per heavy atom. The van der Waals surface area contributed by atoms with Gasteiger partial charge in [0.1, 0.15) is 0 Å². The van der Waals surface area contributed by atoms with Crippen LogP contribution in [0, 0.1) is 13.8 Å². The topological polar surface area (TPSA) is 9.86 Å². The summed E-state index contributed by atoms with van der Waals surface area (Å²) in [5.74, 6) is 0.479. The molecule has 0 aliphatic rings. The number of hydrogen-bond donors (Lipinski definition) is 0. The van der Waals surface area contributed by atoms with Crippen molar-refractivity contribution >= 4 is 54.4 Å². The van der Waals surface area contributed by atoms with E-state index in [-0.39, 0.29) is 0 Å². The lowest BCUT2D eigenvalue weighted by atomic mass is 9.94. The summed E-state index contributed by atoms with van der Waals surface area (Å²) in [5, 5.41) is 7.75. The second kappa shape index (κ2) is 9.86. The van der Waals surface area contributed by atoms with E-state index in [0.717, 1.165) is 0 Å². The zero-order valence-corrected chi connectivity index (χ0v) is 26.4. The third kappa shape index (κ3) is 3.73. The monoisotopic (exact) mass is 570 g/mol. The molecule has 2 nitrogen and oxygen atoms in total. The van der Waals surface area contributed by atoms with Crippen molar-refractivity contribution in [2.75, 3.05) is 0 Å². The quantitative estimate of drug-likeness (QED) is 0.199. The van der Waals surface area contributed by atoms with E-state index in [1.165, 1.54) is 87.9 Å². The molecule has 2 aromatic heterocycles. The highest BCUT2D eigenvalue weighted by atomic mass is 15.0. The van der Waals surface area contributed by atoms with Gasteiger partial charge in [0.15, 0.2) is 0 Å². The van der Waals surface area contributed by atoms with E-state index >= 15 is 0 Å². The van der Waals surface area contributed by atoms with Crippen LogP contribution in [0.3, 0.4) is 0 Å². The first-order valence-electron chi connectivity index (χ1n) is 15.9. The van der Waals surface area contributed by atoms with Gasteiger partial charge in [-0.15, -0.1) is 0 Å². The normalized spacial score (nSPS) is 12.3. The molecule has 0 fully saturated rings. The number of benzene rings is 6. The van der Waals surface area contributed by atoms with Crippen LogP contribution in [0.25, 0.3) is 71.2 Å². The van der Waals surface area contributed by atoms with Crippen LogP contribution in [0.15, 0.2) is 109 Å². The predicted octanol–water partition coefficient (Wildman–Crippen LogP) is 12.0. The fourth-order valence-corrected chi connectivity index (χ4v) is 7.78. The second-order valence-corrected chi connectivity index (χ2v) is 13.1. The molecular weight excluding hydrogens is 532 g/mol. The number of hydrogen-bond acceptors (Lipinski definition) is 0. The summed E-state index contributed by atoms with van der Waals surface area (Å²) in [6, 6.07) is 41.2. The van der Waals surface area contributed by atoms with E-state index in [4.69, 9.17) is 0 Å². The fourth-order valence-electron chi connectivity index (χ4n) is 7.78. The number of fused-ring (bicyclic) bond motifs is 8. The highest BCUT2D eigenvalue weighted by Crippen LogP contribution is 2.45. The molecule has 0 bridgehead atoms. The van der Waals surface area contributed by atoms with E-state index in [2.05, 4.69) is 160 Å². The van der Waals surface area contributed by atoms with Crippen molar-refractivity contribution in [1.29, 1.82) is 0 Å². The van der Waals surface area contributed by atoms with Gasteiger partial charge in [-0.1, -0.05) is 111 Å². The summed E-state index contributed by atoms with van der Waals surface area (Å²) in [4.78, 5) is 0. The molecule has 0 saturated carbocycles. The van der Waals surface area contributed by atoms with E-state index in [1.807, 2.05) is 0 Å². The Balaban J connectivity index is 1.59. The minimum atomic E-state index is 0.320. The highest BCUT2D eigenvalue weighted by Gasteiger charge is 2.23. The Morgan fingerprint density at radius 2 is 1.11 bits per heavy atom. The predicted molar refractivity (Wildman–Crippen MR) is 191 cm³/mol. The van der Waals surface area contributed by atoms with Crippen molar-refractivity contribution in [2.45, 2.75) is 53.5 Å². The third-order valence-corrected chi connectivity index (χ3v) is 9.66. The molecule has 0 atom stereocenters. The Hall–Kier alpha value is -4.82. The SMILES string of the molecule is Cc1cc(-n2c3c(-c4cccc5c6ccccc6n(C(C)C)c45)cccc3c3ccc4ccccc4c32)c(C)cc1C(C)C. The summed E-state index contributed by atoms with van der Waals surface area (Å²) in [6.45, 7) is 13.7. The van der Waals surface area contributed by atoms with E-state index in [9.17, 15) is 0 Å². The number of aromatic nitrogens is 2. The third-order valence-electron chi connectivity index (χ3n) is 9.66. The zero-order chi connectivity index (χ0) is 30.3. The minimum absolute atomic E-state index is 0.320. The molecule has 0 N–H and O–H groups in total. The van der Waals surface area contributed by atoms with Gasteiger partial charge >= 0.3 is 0 Å². The first-order valence-corrected chi connectivity index (χ1v) is 15.9. The van der Waals surface area contributed by atoms with Crippen LogP contribution in [0.2, 0.25) is 0 Å². The molecule has 216 valence electrons. The van der Waals surface area contributed by atoms with Gasteiger partial charge in [-0.2, -0.15) is 0 Å². The van der Waals surface area contributed by atoms with Crippen LogP contribution in [0.5, 0.6) is 0 Å². The lowest BCUT2D eigenvalue weighted by Gasteiger charge is -2.20. The van der Waals surface area contributed by atoms with Gasteiger partial charge in [0.2, 0.25) is 0 Å². The average molecular weight is 571 g/mol. The molecule has 0 radical (unpaired) electrons. The maximum atomic E-state index is 2.58. The maximum absolute atomic E-state index is 2.58. The Kier molecular flexibility index (Phi) is 6.00. The summed E-state index contributed by atoms with van der Waals surface area (Å²) in [5.41, 5.74) is 13.0. The Bertz CT molecular complexity index is 2410. The number of para-hydroxylation sites is 3. The Labute approximate surface area is 259 Å². The fraction of sp³-hybridized carbons (Fsp3) is 0.190. The van der Waals surface area contributed by atoms with Crippen molar-refractivity contribution in [3.05, 3.63) is 126 Å². The first-order chi connectivity index (χ1) is 21.3. The van der Waals surface area contributed by atoms with Gasteiger partial charge in [-0.3, -0.25) is 0 Å². The molecule has 8 rings (SSSR count). The molecule has 0 unspecified atom stereocenters. The zero-order valence-electron chi connectivity index (χ0n) is 26.4. The molecule has 2 heterocycles. The van der Waals surface area contributed by atoms with Crippen molar-refractivity contribution in [1.82, 2.24) is 9.13 Å². The van der Waals surface area contributed by atoms with Gasteiger partial charge in [0.25, 0.3) is 0 Å². The highest BCUT2D eigenvalue weighted by molar-refractivity contribution is 6.22. The van der Waals surface area contributed by atoms with E-state index in [1.54, 1.807) is 0 Å². The largest absolute Gasteiger partial charge is 0.337 e. The first kappa shape index (κ1) is 26.8. The van der Waals surface area contributed by atoms with Crippen molar-refractivity contribution in [3.63, 3.8) is 0 Å². The van der Waals surface area contributed by atoms with Crippen LogP contribution >= 0.6 is 0 Å². The molecule has 2 heteroatoms. The van der Waals surface area contributed by atoms with E-state index < -0.39 is 0 Å². The smallest absolute Gasteiger partial charge is 0.0620 e. The van der Waals surface area contributed by atoms with Gasteiger partial charge in [0, 0.05) is 55.3 Å². The number of aryl methyl sites for hydroxylation is 2. The standard InChI is InChI=1S/C42H38N2/c1-25(2)37-23-28(6)39(24-27(37)5)44-40-30-14-8-7-13-29(30)21-22-36(40)35-19-12-18-34(42(35)44)33-17-11-16-32-31-15-9-10-20-38(31)43(26(3)4)41(32)33/h7-26H,1-6H3. The summed E-state index contributed by atoms with van der Waals surface area (Å²) < 4.78 is 5.12. The number of nitrogens with zero attached hydrogens (tertiary/aromatic N) is 2. The summed E-state index contributed by atoms with van der Waals surface area (Å²) in [6.07, 6.45) is 0. The van der Waals surface area contributed by atoms with Crippen molar-refractivity contribution < 1.29 is 0 Å². The summed E-state index contributed by atoms with van der Waals surface area (Å²) >= 11 is 0. The molecule has 0 aliphatic heterocycles. The molecule has 6 aromatic carbocycles. The van der Waals surface area contributed by atoms with Crippen LogP contribution in [-0.2, 0) is 0 Å². The maximum Gasteiger partial charge on any atom is 0.0620 e. The van der Waals surface area contributed by atoms with Crippen molar-refractivity contribution in [2.24, 2.45) is 0 Å². The average Bonchev–Trinajstić information content (AvgIpc) is 3.55. The van der Waals surface area contributed by atoms with Crippen LogP contribution < -0.4 is 0 Å². The molecule has 0 aliphatic carbocycles. The lowest BCUT2D eigenvalue weighted by molar-refractivity contribution is 0.642. The van der Waals surface area contributed by atoms with Gasteiger partial charge in [0.05, 0.1) is 16.6 Å². The molecule has 0 spiro atoms. The molecule has 0 saturated heterocycles. The Morgan fingerprint density at radius 3 is 1.84 bits per heavy atom.